The Kier molecular flexibility index (Phi) is 2.23. The maximum Gasteiger partial charge on any atom is 0.143 e. The highest BCUT2D eigenvalue weighted by molar-refractivity contribution is 7.15. The monoisotopic (exact) mass is 192 g/mol. The molecule has 68 valence electrons. The quantitative estimate of drug-likeness (QED) is 0.697. The van der Waals surface area contributed by atoms with Crippen LogP contribution in [0.25, 0.3) is 10.6 Å². The smallest absolute Gasteiger partial charge is 0.143 e. The minimum atomic E-state index is 0.605. The first-order valence-electron chi connectivity index (χ1n) is 4.41. The van der Waals surface area contributed by atoms with Gasteiger partial charge in [-0.15, -0.1) is 11.3 Å². The van der Waals surface area contributed by atoms with Gasteiger partial charge >= 0.3 is 0 Å². The lowest BCUT2D eigenvalue weighted by molar-refractivity contribution is 0.584. The van der Waals surface area contributed by atoms with Crippen LogP contribution < -0.4 is 0 Å². The maximum atomic E-state index is 5.32. The molecule has 2 aromatic rings. The summed E-state index contributed by atoms with van der Waals surface area (Å²) in [5, 5.41) is 0. The van der Waals surface area contributed by atoms with Crippen molar-refractivity contribution in [2.75, 3.05) is 0 Å². The largest absolute Gasteiger partial charge is 0.464 e. The average Bonchev–Trinajstić information content (AvgIpc) is 2.75. The van der Waals surface area contributed by atoms with Crippen LogP contribution in [-0.2, 0) is 0 Å². The number of hydrogen-bond acceptors (Lipinski definition) is 2. The molecular weight excluding hydrogens is 180 g/mol. The van der Waals surface area contributed by atoms with E-state index in [0.717, 1.165) is 5.76 Å². The normalized spacial score (nSPS) is 11.0. The van der Waals surface area contributed by atoms with Gasteiger partial charge in [-0.2, -0.15) is 0 Å². The van der Waals surface area contributed by atoms with Crippen LogP contribution in [0.2, 0.25) is 0 Å². The summed E-state index contributed by atoms with van der Waals surface area (Å²) in [6.07, 6.45) is 1.71. The van der Waals surface area contributed by atoms with Crippen LogP contribution in [0.5, 0.6) is 0 Å². The van der Waals surface area contributed by atoms with Gasteiger partial charge in [-0.05, 0) is 30.2 Å². The zero-order valence-corrected chi connectivity index (χ0v) is 8.60. The molecule has 0 radical (unpaired) electrons. The van der Waals surface area contributed by atoms with Crippen LogP contribution in [0.4, 0.5) is 0 Å². The fourth-order valence-electron chi connectivity index (χ4n) is 1.21. The molecule has 0 aromatic carbocycles. The van der Waals surface area contributed by atoms with Gasteiger partial charge in [-0.25, -0.2) is 0 Å². The van der Waals surface area contributed by atoms with Gasteiger partial charge in [0.2, 0.25) is 0 Å². The standard InChI is InChI=1S/C11H12OS/c1-8(2)10-5-6-11(13-10)9-4-3-7-12-9/h3-8H,1-2H3. The van der Waals surface area contributed by atoms with Gasteiger partial charge in [-0.3, -0.25) is 0 Å². The van der Waals surface area contributed by atoms with Crippen molar-refractivity contribution in [3.8, 4) is 10.6 Å². The minimum Gasteiger partial charge on any atom is -0.464 e. The van der Waals surface area contributed by atoms with Crippen molar-refractivity contribution in [3.63, 3.8) is 0 Å². The Morgan fingerprint density at radius 1 is 1.23 bits per heavy atom. The van der Waals surface area contributed by atoms with Gasteiger partial charge in [0, 0.05) is 4.88 Å². The second kappa shape index (κ2) is 3.38. The van der Waals surface area contributed by atoms with Gasteiger partial charge < -0.3 is 4.42 Å². The maximum absolute atomic E-state index is 5.32. The van der Waals surface area contributed by atoms with Crippen LogP contribution >= 0.6 is 11.3 Å². The van der Waals surface area contributed by atoms with Crippen molar-refractivity contribution >= 4 is 11.3 Å². The average molecular weight is 192 g/mol. The number of thiophene rings is 1. The Labute approximate surface area is 82.0 Å². The summed E-state index contributed by atoms with van der Waals surface area (Å²) in [6.45, 7) is 4.41. The SMILES string of the molecule is CC(C)c1ccc(-c2ccco2)s1. The zero-order chi connectivity index (χ0) is 9.26. The predicted molar refractivity (Wildman–Crippen MR) is 56.1 cm³/mol. The first kappa shape index (κ1) is 8.57. The molecule has 0 aliphatic rings. The molecule has 0 saturated carbocycles. The Morgan fingerprint density at radius 2 is 2.08 bits per heavy atom. The van der Waals surface area contributed by atoms with E-state index in [2.05, 4.69) is 26.0 Å². The zero-order valence-electron chi connectivity index (χ0n) is 7.78. The van der Waals surface area contributed by atoms with Crippen LogP contribution in [0.15, 0.2) is 34.9 Å². The van der Waals surface area contributed by atoms with E-state index in [4.69, 9.17) is 4.42 Å². The molecule has 1 nitrogen and oxygen atoms in total. The molecule has 2 aromatic heterocycles. The summed E-state index contributed by atoms with van der Waals surface area (Å²) in [7, 11) is 0. The third-order valence-electron chi connectivity index (χ3n) is 1.96. The molecule has 2 heterocycles. The highest BCUT2D eigenvalue weighted by Gasteiger charge is 2.06. The fourth-order valence-corrected chi connectivity index (χ4v) is 2.19. The van der Waals surface area contributed by atoms with Crippen molar-refractivity contribution in [2.45, 2.75) is 19.8 Å². The van der Waals surface area contributed by atoms with Crippen molar-refractivity contribution in [1.82, 2.24) is 0 Å². The highest BCUT2D eigenvalue weighted by Crippen LogP contribution is 2.31. The molecule has 0 atom stereocenters. The topological polar surface area (TPSA) is 13.1 Å². The predicted octanol–water partition coefficient (Wildman–Crippen LogP) is 4.13. The summed E-state index contributed by atoms with van der Waals surface area (Å²) >= 11 is 1.80. The first-order valence-corrected chi connectivity index (χ1v) is 5.22. The van der Waals surface area contributed by atoms with Gasteiger partial charge in [-0.1, -0.05) is 13.8 Å². The van der Waals surface area contributed by atoms with E-state index in [1.165, 1.54) is 9.75 Å². The molecule has 2 rings (SSSR count). The first-order chi connectivity index (χ1) is 6.27. The third-order valence-corrected chi connectivity index (χ3v) is 3.36. The van der Waals surface area contributed by atoms with E-state index in [1.54, 1.807) is 17.6 Å². The molecule has 0 aliphatic heterocycles. The molecule has 2 heteroatoms. The van der Waals surface area contributed by atoms with Crippen LogP contribution in [0.1, 0.15) is 24.6 Å². The number of hydrogen-bond donors (Lipinski definition) is 0. The van der Waals surface area contributed by atoms with E-state index in [9.17, 15) is 0 Å². The Bertz CT molecular complexity index is 370. The van der Waals surface area contributed by atoms with E-state index >= 15 is 0 Å². The van der Waals surface area contributed by atoms with Crippen molar-refractivity contribution in [2.24, 2.45) is 0 Å². The van der Waals surface area contributed by atoms with E-state index in [1.807, 2.05) is 12.1 Å². The van der Waals surface area contributed by atoms with E-state index < -0.39 is 0 Å². The molecule has 0 fully saturated rings. The van der Waals surface area contributed by atoms with Crippen LogP contribution in [-0.4, -0.2) is 0 Å². The Hall–Kier alpha value is -1.02. The number of furan rings is 1. The Balaban J connectivity index is 2.33. The molecule has 0 bridgehead atoms. The lowest BCUT2D eigenvalue weighted by Gasteiger charge is -1.97. The second-order valence-electron chi connectivity index (χ2n) is 3.33. The van der Waals surface area contributed by atoms with Crippen molar-refractivity contribution in [3.05, 3.63) is 35.4 Å². The Morgan fingerprint density at radius 3 is 2.62 bits per heavy atom. The molecule has 0 N–H and O–H groups in total. The molecule has 0 saturated heterocycles. The fraction of sp³-hybridized carbons (Fsp3) is 0.273. The van der Waals surface area contributed by atoms with E-state index in [0.29, 0.717) is 5.92 Å². The van der Waals surface area contributed by atoms with Gasteiger partial charge in [0.25, 0.3) is 0 Å². The second-order valence-corrected chi connectivity index (χ2v) is 4.45. The third kappa shape index (κ3) is 1.68. The van der Waals surface area contributed by atoms with Gasteiger partial charge in [0.1, 0.15) is 5.76 Å². The lowest BCUT2D eigenvalue weighted by atomic mass is 10.2. The van der Waals surface area contributed by atoms with Gasteiger partial charge in [0.05, 0.1) is 11.1 Å². The van der Waals surface area contributed by atoms with Crippen molar-refractivity contribution in [1.29, 1.82) is 0 Å². The molecule has 0 unspecified atom stereocenters. The van der Waals surface area contributed by atoms with Gasteiger partial charge in [0.15, 0.2) is 0 Å². The number of rotatable bonds is 2. The summed E-state index contributed by atoms with van der Waals surface area (Å²) in [5.41, 5.74) is 0. The van der Waals surface area contributed by atoms with Crippen LogP contribution in [0, 0.1) is 0 Å². The molecule has 0 amide bonds. The molecular formula is C11H12OS. The molecule has 0 aliphatic carbocycles. The minimum absolute atomic E-state index is 0.605. The van der Waals surface area contributed by atoms with E-state index in [-0.39, 0.29) is 0 Å². The summed E-state index contributed by atoms with van der Waals surface area (Å²) in [6, 6.07) is 8.21. The summed E-state index contributed by atoms with van der Waals surface area (Å²) in [4.78, 5) is 2.63. The highest BCUT2D eigenvalue weighted by atomic mass is 32.1. The summed E-state index contributed by atoms with van der Waals surface area (Å²) in [5.74, 6) is 1.57. The molecule has 0 spiro atoms. The lowest BCUT2D eigenvalue weighted by Crippen LogP contribution is -1.77. The molecule has 13 heavy (non-hydrogen) atoms. The van der Waals surface area contributed by atoms with Crippen molar-refractivity contribution < 1.29 is 4.42 Å². The van der Waals surface area contributed by atoms with Crippen LogP contribution in [0.3, 0.4) is 0 Å². The summed E-state index contributed by atoms with van der Waals surface area (Å²) < 4.78 is 5.32.